The number of carbonyl (C=O) groups is 1. The largest absolute Gasteiger partial charge is 0.480 e. The number of aliphatic carboxylic acids is 1. The summed E-state index contributed by atoms with van der Waals surface area (Å²) >= 11 is 0. The molecule has 0 aromatic rings. The van der Waals surface area contributed by atoms with Crippen LogP contribution in [-0.4, -0.2) is 40.6 Å². The van der Waals surface area contributed by atoms with Crippen LogP contribution in [0.2, 0.25) is 0 Å². The average Bonchev–Trinajstić information content (AvgIpc) is 2.19. The van der Waals surface area contributed by atoms with Gasteiger partial charge >= 0.3 is 5.97 Å². The Morgan fingerprint density at radius 1 is 1.53 bits per heavy atom. The highest BCUT2D eigenvalue weighted by molar-refractivity contribution is 5.78. The van der Waals surface area contributed by atoms with Gasteiger partial charge in [0.15, 0.2) is 0 Å². The van der Waals surface area contributed by atoms with Crippen LogP contribution in [0.15, 0.2) is 0 Å². The highest BCUT2D eigenvalue weighted by atomic mass is 16.4. The van der Waals surface area contributed by atoms with E-state index >= 15 is 0 Å². The van der Waals surface area contributed by atoms with Crippen LogP contribution < -0.4 is 5.73 Å². The minimum Gasteiger partial charge on any atom is -0.480 e. The Kier molecular flexibility index (Phi) is 4.11. The molecule has 0 bridgehead atoms. The Hall–Kier alpha value is -0.610. The fraction of sp³-hybridized carbons (Fsp3) is 0.909. The summed E-state index contributed by atoms with van der Waals surface area (Å²) in [4.78, 5) is 13.4. The second kappa shape index (κ2) is 4.94. The lowest BCUT2D eigenvalue weighted by Crippen LogP contribution is -2.55. The van der Waals surface area contributed by atoms with Gasteiger partial charge in [0.1, 0.15) is 5.54 Å². The first-order valence-corrected chi connectivity index (χ1v) is 5.79. The molecular formula is C11H22N2O2. The molecule has 1 aliphatic rings. The summed E-state index contributed by atoms with van der Waals surface area (Å²) in [5.41, 5.74) is 4.92. The Bertz CT molecular complexity index is 229. The third-order valence-corrected chi connectivity index (χ3v) is 3.51. The van der Waals surface area contributed by atoms with Crippen molar-refractivity contribution in [3.8, 4) is 0 Å². The van der Waals surface area contributed by atoms with E-state index < -0.39 is 11.5 Å². The van der Waals surface area contributed by atoms with E-state index in [2.05, 4.69) is 18.7 Å². The lowest BCUT2D eigenvalue weighted by molar-refractivity contribution is -0.145. The van der Waals surface area contributed by atoms with Crippen LogP contribution in [0.3, 0.4) is 0 Å². The van der Waals surface area contributed by atoms with Gasteiger partial charge in [-0.2, -0.15) is 0 Å². The maximum Gasteiger partial charge on any atom is 0.323 e. The second-order valence-electron chi connectivity index (χ2n) is 4.43. The van der Waals surface area contributed by atoms with Crippen molar-refractivity contribution in [3.05, 3.63) is 0 Å². The number of carboxylic acids is 1. The van der Waals surface area contributed by atoms with Crippen LogP contribution in [0.25, 0.3) is 0 Å². The molecule has 0 saturated heterocycles. The molecular weight excluding hydrogens is 192 g/mol. The first-order chi connectivity index (χ1) is 7.03. The molecule has 4 heteroatoms. The molecule has 1 fully saturated rings. The van der Waals surface area contributed by atoms with E-state index in [1.54, 1.807) is 0 Å². The van der Waals surface area contributed by atoms with Crippen LogP contribution in [0.5, 0.6) is 0 Å². The molecule has 0 radical (unpaired) electrons. The van der Waals surface area contributed by atoms with Gasteiger partial charge in [-0.15, -0.1) is 0 Å². The molecule has 2 atom stereocenters. The van der Waals surface area contributed by atoms with Gasteiger partial charge in [-0.3, -0.25) is 4.79 Å². The predicted octanol–water partition coefficient (Wildman–Crippen LogP) is 1.05. The number of rotatable bonds is 4. The predicted molar refractivity (Wildman–Crippen MR) is 59.7 cm³/mol. The zero-order valence-electron chi connectivity index (χ0n) is 9.70. The lowest BCUT2D eigenvalue weighted by atomic mass is 9.79. The number of nitrogens with zero attached hydrogens (tertiary/aromatic N) is 1. The Balaban J connectivity index is 2.66. The van der Waals surface area contributed by atoms with Gasteiger partial charge < -0.3 is 15.7 Å². The van der Waals surface area contributed by atoms with Crippen LogP contribution in [0, 0.1) is 0 Å². The van der Waals surface area contributed by atoms with Crippen LogP contribution in [-0.2, 0) is 4.79 Å². The summed E-state index contributed by atoms with van der Waals surface area (Å²) in [6.45, 7) is 6.15. The van der Waals surface area contributed by atoms with Gasteiger partial charge in [0, 0.05) is 6.04 Å². The third kappa shape index (κ3) is 2.69. The molecule has 0 amide bonds. The molecule has 0 aromatic heterocycles. The van der Waals surface area contributed by atoms with E-state index in [9.17, 15) is 4.79 Å². The molecule has 1 rings (SSSR count). The normalized spacial score (nSPS) is 31.9. The van der Waals surface area contributed by atoms with Crippen molar-refractivity contribution in [3.63, 3.8) is 0 Å². The van der Waals surface area contributed by atoms with Gasteiger partial charge in [-0.25, -0.2) is 0 Å². The molecule has 2 unspecified atom stereocenters. The standard InChI is InChI=1S/C11H22N2O2/c1-3-13(4-2)9-6-5-7-11(12,8-9)10(14)15/h9H,3-8,12H2,1-2H3,(H,14,15). The molecule has 15 heavy (non-hydrogen) atoms. The minimum absolute atomic E-state index is 0.342. The number of hydrogen-bond acceptors (Lipinski definition) is 3. The zero-order valence-corrected chi connectivity index (χ0v) is 9.70. The Morgan fingerprint density at radius 2 is 2.13 bits per heavy atom. The summed E-state index contributed by atoms with van der Waals surface area (Å²) < 4.78 is 0. The summed E-state index contributed by atoms with van der Waals surface area (Å²) in [5.74, 6) is -0.848. The summed E-state index contributed by atoms with van der Waals surface area (Å²) in [5, 5.41) is 9.10. The van der Waals surface area contributed by atoms with Crippen molar-refractivity contribution in [2.75, 3.05) is 13.1 Å². The van der Waals surface area contributed by atoms with Gasteiger partial charge in [-0.05, 0) is 38.8 Å². The van der Waals surface area contributed by atoms with Crippen molar-refractivity contribution in [2.24, 2.45) is 5.73 Å². The quantitative estimate of drug-likeness (QED) is 0.734. The van der Waals surface area contributed by atoms with Crippen LogP contribution >= 0.6 is 0 Å². The van der Waals surface area contributed by atoms with E-state index in [4.69, 9.17) is 10.8 Å². The van der Waals surface area contributed by atoms with Crippen LogP contribution in [0.1, 0.15) is 39.5 Å². The minimum atomic E-state index is -0.995. The molecule has 1 saturated carbocycles. The van der Waals surface area contributed by atoms with Gasteiger partial charge in [0.05, 0.1) is 0 Å². The first kappa shape index (κ1) is 12.5. The molecule has 3 N–H and O–H groups in total. The van der Waals surface area contributed by atoms with E-state index in [-0.39, 0.29) is 0 Å². The van der Waals surface area contributed by atoms with Crippen molar-refractivity contribution in [1.29, 1.82) is 0 Å². The molecule has 0 heterocycles. The van der Waals surface area contributed by atoms with E-state index in [1.807, 2.05) is 0 Å². The maximum atomic E-state index is 11.1. The summed E-state index contributed by atoms with van der Waals surface area (Å²) in [6, 6.07) is 0.342. The maximum absolute atomic E-state index is 11.1. The Morgan fingerprint density at radius 3 is 2.60 bits per heavy atom. The van der Waals surface area contributed by atoms with E-state index in [0.29, 0.717) is 18.9 Å². The van der Waals surface area contributed by atoms with Gasteiger partial charge in [0.2, 0.25) is 0 Å². The molecule has 88 valence electrons. The second-order valence-corrected chi connectivity index (χ2v) is 4.43. The Labute approximate surface area is 91.4 Å². The van der Waals surface area contributed by atoms with Crippen molar-refractivity contribution >= 4 is 5.97 Å². The van der Waals surface area contributed by atoms with Gasteiger partial charge in [0.25, 0.3) is 0 Å². The number of hydrogen-bond donors (Lipinski definition) is 2. The number of carboxylic acid groups (broad SMARTS) is 1. The molecule has 0 spiro atoms. The van der Waals surface area contributed by atoms with E-state index in [0.717, 1.165) is 25.9 Å². The topological polar surface area (TPSA) is 66.6 Å². The fourth-order valence-electron chi connectivity index (χ4n) is 2.52. The monoisotopic (exact) mass is 214 g/mol. The highest BCUT2D eigenvalue weighted by Crippen LogP contribution is 2.29. The smallest absolute Gasteiger partial charge is 0.323 e. The molecule has 4 nitrogen and oxygen atoms in total. The molecule has 0 aromatic carbocycles. The molecule has 0 aliphatic heterocycles. The van der Waals surface area contributed by atoms with Crippen molar-refractivity contribution in [1.82, 2.24) is 4.90 Å². The van der Waals surface area contributed by atoms with Gasteiger partial charge in [-0.1, -0.05) is 13.8 Å². The van der Waals surface area contributed by atoms with Crippen molar-refractivity contribution in [2.45, 2.75) is 51.1 Å². The van der Waals surface area contributed by atoms with Crippen LogP contribution in [0.4, 0.5) is 0 Å². The SMILES string of the molecule is CCN(CC)C1CCCC(N)(C(=O)O)C1. The number of nitrogens with two attached hydrogens (primary N) is 1. The fourth-order valence-corrected chi connectivity index (χ4v) is 2.52. The van der Waals surface area contributed by atoms with Crippen molar-refractivity contribution < 1.29 is 9.90 Å². The summed E-state index contributed by atoms with van der Waals surface area (Å²) in [7, 11) is 0. The first-order valence-electron chi connectivity index (χ1n) is 5.79. The lowest BCUT2D eigenvalue weighted by Gasteiger charge is -2.39. The molecule has 1 aliphatic carbocycles. The highest BCUT2D eigenvalue weighted by Gasteiger charge is 2.40. The van der Waals surface area contributed by atoms with E-state index in [1.165, 1.54) is 0 Å². The average molecular weight is 214 g/mol. The summed E-state index contributed by atoms with van der Waals surface area (Å²) in [6.07, 6.45) is 3.20. The zero-order chi connectivity index (χ0) is 11.5. The third-order valence-electron chi connectivity index (χ3n) is 3.51.